The zero-order valence-corrected chi connectivity index (χ0v) is 13.5. The van der Waals surface area contributed by atoms with Crippen LogP contribution in [0.3, 0.4) is 0 Å². The van der Waals surface area contributed by atoms with Gasteiger partial charge in [-0.1, -0.05) is 0 Å². The second-order valence-corrected chi connectivity index (χ2v) is 6.26. The van der Waals surface area contributed by atoms with E-state index >= 15 is 0 Å². The molecule has 6 heteroatoms. The molecule has 0 fully saturated rings. The fraction of sp³-hybridized carbons (Fsp3) is 0.308. The molecule has 4 nitrogen and oxygen atoms in total. The summed E-state index contributed by atoms with van der Waals surface area (Å²) in [4.78, 5) is 5.60. The molecule has 0 saturated heterocycles. The number of ether oxygens (including phenoxy) is 3. The van der Waals surface area contributed by atoms with Gasteiger partial charge in [0.1, 0.15) is 0 Å². The Bertz CT molecular complexity index is 573. The maximum Gasteiger partial charge on any atom is 0.203 e. The van der Waals surface area contributed by atoms with Gasteiger partial charge in [-0.15, -0.1) is 11.3 Å². The van der Waals surface area contributed by atoms with Gasteiger partial charge in [0.2, 0.25) is 5.75 Å². The monoisotopic (exact) mass is 343 g/mol. The van der Waals surface area contributed by atoms with E-state index in [1.807, 2.05) is 19.1 Å². The van der Waals surface area contributed by atoms with Gasteiger partial charge in [-0.25, -0.2) is 4.98 Å². The second-order valence-electron chi connectivity index (χ2n) is 3.79. The van der Waals surface area contributed by atoms with Crippen LogP contribution >= 0.6 is 27.3 Å². The van der Waals surface area contributed by atoms with Crippen molar-refractivity contribution < 1.29 is 14.2 Å². The van der Waals surface area contributed by atoms with Crippen LogP contribution in [-0.4, -0.2) is 26.3 Å². The Hall–Kier alpha value is -1.27. The number of hydrogen-bond donors (Lipinski definition) is 0. The van der Waals surface area contributed by atoms with E-state index in [2.05, 4.69) is 20.9 Å². The van der Waals surface area contributed by atoms with Crippen LogP contribution in [-0.2, 0) is 0 Å². The molecule has 0 aliphatic carbocycles. The number of halogens is 1. The van der Waals surface area contributed by atoms with Crippen LogP contribution in [0.15, 0.2) is 16.0 Å². The molecule has 1 aromatic heterocycles. The predicted molar refractivity (Wildman–Crippen MR) is 79.6 cm³/mol. The van der Waals surface area contributed by atoms with Gasteiger partial charge in [0.05, 0.1) is 27.0 Å². The minimum atomic E-state index is 0.584. The molecule has 0 radical (unpaired) electrons. The average molecular weight is 344 g/mol. The van der Waals surface area contributed by atoms with Gasteiger partial charge in [-0.2, -0.15) is 0 Å². The van der Waals surface area contributed by atoms with E-state index in [4.69, 9.17) is 14.2 Å². The molecule has 0 aliphatic rings. The van der Waals surface area contributed by atoms with Crippen molar-refractivity contribution in [2.45, 2.75) is 6.92 Å². The number of aryl methyl sites for hydroxylation is 1. The lowest BCUT2D eigenvalue weighted by Gasteiger charge is -2.13. The van der Waals surface area contributed by atoms with Crippen LogP contribution in [0.4, 0.5) is 0 Å². The van der Waals surface area contributed by atoms with Crippen molar-refractivity contribution in [2.24, 2.45) is 0 Å². The Morgan fingerprint density at radius 2 is 1.63 bits per heavy atom. The molecule has 1 aromatic carbocycles. The number of thiazole rings is 1. The van der Waals surface area contributed by atoms with Gasteiger partial charge >= 0.3 is 0 Å². The minimum absolute atomic E-state index is 0.584. The number of hydrogen-bond acceptors (Lipinski definition) is 5. The quantitative estimate of drug-likeness (QED) is 0.843. The van der Waals surface area contributed by atoms with Crippen molar-refractivity contribution in [1.82, 2.24) is 4.98 Å². The Kier molecular flexibility index (Phi) is 4.31. The van der Waals surface area contributed by atoms with Crippen molar-refractivity contribution in [1.29, 1.82) is 0 Å². The molecule has 0 atom stereocenters. The Morgan fingerprint density at radius 1 is 1.05 bits per heavy atom. The Balaban J connectivity index is 2.62. The fourth-order valence-corrected chi connectivity index (χ4v) is 3.41. The first-order valence-corrected chi connectivity index (χ1v) is 7.15. The summed E-state index contributed by atoms with van der Waals surface area (Å²) in [5.41, 5.74) is 1.85. The molecule has 0 saturated carbocycles. The van der Waals surface area contributed by atoms with Crippen molar-refractivity contribution in [3.05, 3.63) is 20.9 Å². The summed E-state index contributed by atoms with van der Waals surface area (Å²) in [6, 6.07) is 3.80. The van der Waals surface area contributed by atoms with Crippen molar-refractivity contribution >= 4 is 27.3 Å². The smallest absolute Gasteiger partial charge is 0.203 e. The fourth-order valence-electron chi connectivity index (χ4n) is 1.85. The van der Waals surface area contributed by atoms with Gasteiger partial charge < -0.3 is 14.2 Å². The van der Waals surface area contributed by atoms with Crippen LogP contribution in [0.2, 0.25) is 0 Å². The second kappa shape index (κ2) is 5.79. The normalized spacial score (nSPS) is 10.4. The third-order valence-electron chi connectivity index (χ3n) is 2.71. The first-order valence-electron chi connectivity index (χ1n) is 5.54. The first kappa shape index (κ1) is 14.1. The number of rotatable bonds is 4. The lowest BCUT2D eigenvalue weighted by atomic mass is 10.1. The lowest BCUT2D eigenvalue weighted by Crippen LogP contribution is -1.96. The highest BCUT2D eigenvalue weighted by molar-refractivity contribution is 9.11. The largest absolute Gasteiger partial charge is 0.493 e. The zero-order chi connectivity index (χ0) is 14.0. The Labute approximate surface area is 124 Å². The topological polar surface area (TPSA) is 40.6 Å². The molecule has 0 spiro atoms. The standard InChI is InChI=1S/C13H14BrNO3S/c1-7-11(15-13(14)19-7)8-5-9(16-2)12(18-4)10(6-8)17-3/h5-6H,1-4H3. The van der Waals surface area contributed by atoms with Gasteiger partial charge in [0.15, 0.2) is 15.4 Å². The predicted octanol–water partition coefficient (Wildman–Crippen LogP) is 3.91. The molecule has 1 heterocycles. The molecular weight excluding hydrogens is 330 g/mol. The maximum absolute atomic E-state index is 5.35. The third kappa shape index (κ3) is 2.69. The summed E-state index contributed by atoms with van der Waals surface area (Å²) in [6.45, 7) is 2.03. The molecule has 0 aliphatic heterocycles. The summed E-state index contributed by atoms with van der Waals surface area (Å²) in [7, 11) is 4.79. The average Bonchev–Trinajstić information content (AvgIpc) is 2.75. The van der Waals surface area contributed by atoms with Gasteiger partial charge in [-0.05, 0) is 35.0 Å². The van der Waals surface area contributed by atoms with Gasteiger partial charge in [-0.3, -0.25) is 0 Å². The molecule has 2 rings (SSSR count). The van der Waals surface area contributed by atoms with Crippen molar-refractivity contribution in [3.63, 3.8) is 0 Å². The van der Waals surface area contributed by atoms with E-state index in [0.29, 0.717) is 17.2 Å². The van der Waals surface area contributed by atoms with E-state index in [0.717, 1.165) is 20.1 Å². The highest BCUT2D eigenvalue weighted by atomic mass is 79.9. The van der Waals surface area contributed by atoms with Crippen LogP contribution in [0.1, 0.15) is 4.88 Å². The maximum atomic E-state index is 5.35. The molecule has 0 unspecified atom stereocenters. The highest BCUT2D eigenvalue weighted by Gasteiger charge is 2.17. The van der Waals surface area contributed by atoms with E-state index in [1.54, 1.807) is 32.7 Å². The summed E-state index contributed by atoms with van der Waals surface area (Å²) >= 11 is 4.99. The summed E-state index contributed by atoms with van der Waals surface area (Å²) in [6.07, 6.45) is 0. The van der Waals surface area contributed by atoms with E-state index in [-0.39, 0.29) is 0 Å². The molecule has 102 valence electrons. The van der Waals surface area contributed by atoms with E-state index < -0.39 is 0 Å². The number of benzene rings is 1. The van der Waals surface area contributed by atoms with Gasteiger partial charge in [0.25, 0.3) is 0 Å². The minimum Gasteiger partial charge on any atom is -0.493 e. The SMILES string of the molecule is COc1cc(-c2nc(Br)sc2C)cc(OC)c1OC. The van der Waals surface area contributed by atoms with Crippen LogP contribution in [0.25, 0.3) is 11.3 Å². The molecule has 2 aromatic rings. The van der Waals surface area contributed by atoms with Crippen LogP contribution in [0, 0.1) is 6.92 Å². The van der Waals surface area contributed by atoms with Crippen molar-refractivity contribution in [3.8, 4) is 28.5 Å². The zero-order valence-electron chi connectivity index (χ0n) is 11.1. The van der Waals surface area contributed by atoms with Crippen molar-refractivity contribution in [2.75, 3.05) is 21.3 Å². The summed E-state index contributed by atoms with van der Waals surface area (Å²) in [5, 5.41) is 0. The van der Waals surface area contributed by atoms with Gasteiger partial charge in [0, 0.05) is 10.4 Å². The molecule has 0 amide bonds. The number of aromatic nitrogens is 1. The molecular formula is C13H14BrNO3S. The number of nitrogens with zero attached hydrogens (tertiary/aromatic N) is 1. The molecule has 0 N–H and O–H groups in total. The summed E-state index contributed by atoms with van der Waals surface area (Å²) in [5.74, 6) is 1.83. The molecule has 0 bridgehead atoms. The highest BCUT2D eigenvalue weighted by Crippen LogP contribution is 2.42. The first-order chi connectivity index (χ1) is 9.10. The Morgan fingerprint density at radius 3 is 2.00 bits per heavy atom. The van der Waals surface area contributed by atoms with E-state index in [9.17, 15) is 0 Å². The third-order valence-corrected chi connectivity index (χ3v) is 4.13. The number of methoxy groups -OCH3 is 3. The lowest BCUT2D eigenvalue weighted by molar-refractivity contribution is 0.324. The summed E-state index contributed by atoms with van der Waals surface area (Å²) < 4.78 is 16.9. The van der Waals surface area contributed by atoms with Crippen LogP contribution in [0.5, 0.6) is 17.2 Å². The molecule has 19 heavy (non-hydrogen) atoms. The van der Waals surface area contributed by atoms with E-state index in [1.165, 1.54) is 0 Å². The van der Waals surface area contributed by atoms with Crippen LogP contribution < -0.4 is 14.2 Å².